The number of hydrogen-bond donors (Lipinski definition) is 1. The predicted molar refractivity (Wildman–Crippen MR) is 233 cm³/mol. The fourth-order valence-electron chi connectivity index (χ4n) is 7.98. The van der Waals surface area contributed by atoms with Gasteiger partial charge in [0.2, 0.25) is 0 Å². The van der Waals surface area contributed by atoms with Crippen LogP contribution in [0.1, 0.15) is 100.0 Å². The van der Waals surface area contributed by atoms with Gasteiger partial charge in [-0.1, -0.05) is 131 Å². The molecule has 0 aliphatic heterocycles. The Kier molecular flexibility index (Phi) is 12.3. The van der Waals surface area contributed by atoms with Crippen LogP contribution in [-0.4, -0.2) is 0 Å². The van der Waals surface area contributed by atoms with Gasteiger partial charge in [0.1, 0.15) is 0 Å². The Labute approximate surface area is 325 Å². The number of fused-ring (bicyclic) bond motifs is 1. The molecule has 0 fully saturated rings. The Morgan fingerprint density at radius 1 is 0.481 bits per heavy atom. The lowest BCUT2D eigenvalue weighted by atomic mass is 9.77. The van der Waals surface area contributed by atoms with Crippen LogP contribution in [0.15, 0.2) is 146 Å². The molecule has 1 aliphatic carbocycles. The summed E-state index contributed by atoms with van der Waals surface area (Å²) < 4.78 is 0. The van der Waals surface area contributed by atoms with Crippen LogP contribution in [0.25, 0.3) is 11.1 Å². The van der Waals surface area contributed by atoms with Crippen LogP contribution < -0.4 is 10.2 Å². The van der Waals surface area contributed by atoms with Crippen LogP contribution in [0, 0.1) is 0 Å². The van der Waals surface area contributed by atoms with Gasteiger partial charge in [0.05, 0.1) is 0 Å². The normalized spacial score (nSPS) is 12.2. The van der Waals surface area contributed by atoms with Crippen molar-refractivity contribution in [1.29, 1.82) is 0 Å². The highest BCUT2D eigenvalue weighted by Crippen LogP contribution is 2.37. The van der Waals surface area contributed by atoms with Crippen molar-refractivity contribution < 1.29 is 0 Å². The first-order valence-electron chi connectivity index (χ1n) is 20.6. The number of nitrogens with zero attached hydrogens (tertiary/aromatic N) is 1. The lowest BCUT2D eigenvalue weighted by molar-refractivity contribution is 0.439. The van der Waals surface area contributed by atoms with Crippen LogP contribution in [0.2, 0.25) is 0 Å². The van der Waals surface area contributed by atoms with Crippen molar-refractivity contribution >= 4 is 28.4 Å². The van der Waals surface area contributed by atoms with E-state index in [2.05, 4.69) is 177 Å². The molecule has 0 aromatic heterocycles. The van der Waals surface area contributed by atoms with Crippen LogP contribution in [-0.2, 0) is 31.1 Å². The Balaban J connectivity index is 0.927. The van der Waals surface area contributed by atoms with Crippen molar-refractivity contribution in [3.8, 4) is 11.1 Å². The lowest BCUT2D eigenvalue weighted by Gasteiger charge is -2.27. The SMILES string of the molecule is CCC(C)(CC)c1ccc(-c2ccc(N(c3ccccc3)c3ccc(Nc4cccc(CCCCCCCCc5ccc6c(c5)CC6)c4)cc3)cc2)cc1. The number of nitrogens with one attached hydrogen (secondary N) is 1. The van der Waals surface area contributed by atoms with Gasteiger partial charge in [-0.3, -0.25) is 0 Å². The molecular formula is C52H58N2. The predicted octanol–water partition coefficient (Wildman–Crippen LogP) is 14.9. The van der Waals surface area contributed by atoms with Crippen molar-refractivity contribution in [3.63, 3.8) is 0 Å². The molecule has 0 heterocycles. The fraction of sp³-hybridized carbons (Fsp3) is 0.308. The third kappa shape index (κ3) is 9.16. The van der Waals surface area contributed by atoms with Crippen molar-refractivity contribution in [3.05, 3.63) is 173 Å². The van der Waals surface area contributed by atoms with E-state index >= 15 is 0 Å². The minimum atomic E-state index is 0.233. The van der Waals surface area contributed by atoms with E-state index in [0.29, 0.717) is 0 Å². The number of hydrogen-bond acceptors (Lipinski definition) is 2. The van der Waals surface area contributed by atoms with E-state index < -0.39 is 0 Å². The Bertz CT molecular complexity index is 2060. The van der Waals surface area contributed by atoms with Gasteiger partial charge in [-0.15, -0.1) is 0 Å². The van der Waals surface area contributed by atoms with Crippen molar-refractivity contribution in [2.24, 2.45) is 0 Å². The molecule has 6 aromatic carbocycles. The van der Waals surface area contributed by atoms with E-state index in [1.165, 1.54) is 85.6 Å². The van der Waals surface area contributed by atoms with E-state index in [4.69, 9.17) is 0 Å². The molecule has 2 nitrogen and oxygen atoms in total. The Hall–Kier alpha value is -5.08. The van der Waals surface area contributed by atoms with E-state index in [1.807, 2.05) is 0 Å². The zero-order valence-corrected chi connectivity index (χ0v) is 32.8. The summed E-state index contributed by atoms with van der Waals surface area (Å²) in [6, 6.07) is 53.8. The van der Waals surface area contributed by atoms with Gasteiger partial charge in [-0.2, -0.15) is 0 Å². The number of para-hydroxylation sites is 1. The first kappa shape index (κ1) is 37.2. The molecule has 1 aliphatic rings. The van der Waals surface area contributed by atoms with Gasteiger partial charge in [0.25, 0.3) is 0 Å². The van der Waals surface area contributed by atoms with Gasteiger partial charge in [-0.05, 0) is 156 Å². The molecule has 0 spiro atoms. The summed E-state index contributed by atoms with van der Waals surface area (Å²) in [4.78, 5) is 2.33. The lowest BCUT2D eigenvalue weighted by Crippen LogP contribution is -2.19. The third-order valence-corrected chi connectivity index (χ3v) is 12.1. The minimum absolute atomic E-state index is 0.233. The number of unbranched alkanes of at least 4 members (excludes halogenated alkanes) is 5. The number of aryl methyl sites for hydroxylation is 4. The van der Waals surface area contributed by atoms with Gasteiger partial charge in [0, 0.05) is 28.4 Å². The molecule has 0 saturated heterocycles. The quantitative estimate of drug-likeness (QED) is 0.0894. The summed E-state index contributed by atoms with van der Waals surface area (Å²) in [5, 5.41) is 3.67. The standard InChI is InChI=1S/C52H58N2/c1-4-52(3,5-2)46-30-26-42(27-31-46)43-28-34-50(35-29-43)54(49-20-13-10-14-21-49)51-36-32-47(33-37-51)53-48-19-15-18-40(39-48)16-11-8-6-7-9-12-17-41-22-23-44-24-25-45(44)38-41/h10,13-15,18-23,26-39,53H,4-9,11-12,16-17,24-25H2,1-3H3. The highest BCUT2D eigenvalue weighted by atomic mass is 15.1. The number of rotatable bonds is 18. The van der Waals surface area contributed by atoms with Crippen LogP contribution >= 0.6 is 0 Å². The smallest absolute Gasteiger partial charge is 0.0463 e. The second-order valence-electron chi connectivity index (χ2n) is 15.7. The molecule has 0 bridgehead atoms. The molecule has 0 atom stereocenters. The number of benzene rings is 6. The maximum Gasteiger partial charge on any atom is 0.0463 e. The average molecular weight is 711 g/mol. The van der Waals surface area contributed by atoms with Crippen LogP contribution in [0.3, 0.4) is 0 Å². The summed E-state index contributed by atoms with van der Waals surface area (Å²) in [6.45, 7) is 6.95. The highest BCUT2D eigenvalue weighted by Gasteiger charge is 2.22. The van der Waals surface area contributed by atoms with Crippen molar-refractivity contribution in [2.45, 2.75) is 103 Å². The zero-order chi connectivity index (χ0) is 37.2. The highest BCUT2D eigenvalue weighted by molar-refractivity contribution is 5.79. The largest absolute Gasteiger partial charge is 0.356 e. The average Bonchev–Trinajstić information content (AvgIpc) is 3.21. The van der Waals surface area contributed by atoms with Gasteiger partial charge < -0.3 is 10.2 Å². The maximum atomic E-state index is 3.67. The number of anilines is 5. The first-order chi connectivity index (χ1) is 26.5. The fourth-order valence-corrected chi connectivity index (χ4v) is 7.98. The summed E-state index contributed by atoms with van der Waals surface area (Å²) in [6.07, 6.45) is 15.2. The van der Waals surface area contributed by atoms with E-state index in [-0.39, 0.29) is 5.41 Å². The molecule has 2 heteroatoms. The Morgan fingerprint density at radius 2 is 1.04 bits per heavy atom. The van der Waals surface area contributed by atoms with E-state index in [1.54, 1.807) is 11.1 Å². The van der Waals surface area contributed by atoms with Crippen molar-refractivity contribution in [2.75, 3.05) is 10.2 Å². The van der Waals surface area contributed by atoms with Crippen molar-refractivity contribution in [1.82, 2.24) is 0 Å². The molecule has 276 valence electrons. The topological polar surface area (TPSA) is 15.3 Å². The second-order valence-corrected chi connectivity index (χ2v) is 15.7. The summed E-state index contributed by atoms with van der Waals surface area (Å²) in [7, 11) is 0. The molecule has 6 aromatic rings. The monoisotopic (exact) mass is 710 g/mol. The molecule has 54 heavy (non-hydrogen) atoms. The van der Waals surface area contributed by atoms with Gasteiger partial charge in [-0.25, -0.2) is 0 Å². The third-order valence-electron chi connectivity index (χ3n) is 12.1. The summed E-state index contributed by atoms with van der Waals surface area (Å²) in [5.41, 5.74) is 15.9. The Morgan fingerprint density at radius 3 is 1.63 bits per heavy atom. The molecule has 7 rings (SSSR count). The van der Waals surface area contributed by atoms with E-state index in [0.717, 1.165) is 47.7 Å². The molecule has 0 saturated carbocycles. The van der Waals surface area contributed by atoms with Crippen LogP contribution in [0.4, 0.5) is 28.4 Å². The van der Waals surface area contributed by atoms with E-state index in [9.17, 15) is 0 Å². The zero-order valence-electron chi connectivity index (χ0n) is 32.8. The van der Waals surface area contributed by atoms with Crippen LogP contribution in [0.5, 0.6) is 0 Å². The summed E-state index contributed by atoms with van der Waals surface area (Å²) >= 11 is 0. The first-order valence-corrected chi connectivity index (χ1v) is 20.6. The minimum Gasteiger partial charge on any atom is -0.356 e. The maximum absolute atomic E-state index is 3.67. The molecule has 0 unspecified atom stereocenters. The van der Waals surface area contributed by atoms with Gasteiger partial charge >= 0.3 is 0 Å². The molecular weight excluding hydrogens is 653 g/mol. The summed E-state index contributed by atoms with van der Waals surface area (Å²) in [5.74, 6) is 0. The molecule has 0 amide bonds. The second kappa shape index (κ2) is 17.8. The molecule has 0 radical (unpaired) electrons. The van der Waals surface area contributed by atoms with Gasteiger partial charge in [0.15, 0.2) is 0 Å². The molecule has 1 N–H and O–H groups in total.